The first-order valence-electron chi connectivity index (χ1n) is 6.93. The Balaban J connectivity index is 2.02. The molecule has 0 aliphatic heterocycles. The number of benzene rings is 1. The summed E-state index contributed by atoms with van der Waals surface area (Å²) in [6.07, 6.45) is 1.94. The van der Waals surface area contributed by atoms with Crippen LogP contribution in [0.15, 0.2) is 30.5 Å². The molecule has 2 aromatic rings. The second kappa shape index (κ2) is 6.37. The van der Waals surface area contributed by atoms with E-state index in [4.69, 9.17) is 0 Å². The summed E-state index contributed by atoms with van der Waals surface area (Å²) in [4.78, 5) is 7.82. The molecule has 4 heteroatoms. The third-order valence-corrected chi connectivity index (χ3v) is 4.51. The quantitative estimate of drug-likeness (QED) is 0.904. The van der Waals surface area contributed by atoms with Crippen molar-refractivity contribution in [2.75, 3.05) is 19.0 Å². The Hall–Kier alpha value is -1.39. The number of hydrogen-bond acceptors (Lipinski definition) is 4. The van der Waals surface area contributed by atoms with Crippen molar-refractivity contribution in [2.45, 2.75) is 32.9 Å². The van der Waals surface area contributed by atoms with Crippen molar-refractivity contribution in [1.29, 1.82) is 0 Å². The third kappa shape index (κ3) is 3.58. The Morgan fingerprint density at radius 3 is 2.25 bits per heavy atom. The van der Waals surface area contributed by atoms with Gasteiger partial charge in [-0.15, -0.1) is 11.3 Å². The van der Waals surface area contributed by atoms with E-state index in [1.54, 1.807) is 11.3 Å². The van der Waals surface area contributed by atoms with Gasteiger partial charge in [0.05, 0.1) is 6.04 Å². The van der Waals surface area contributed by atoms with E-state index in [1.807, 2.05) is 6.20 Å². The smallest absolute Gasteiger partial charge is 0.109 e. The Labute approximate surface area is 125 Å². The fourth-order valence-corrected chi connectivity index (χ4v) is 2.96. The minimum Gasteiger partial charge on any atom is -0.378 e. The van der Waals surface area contributed by atoms with E-state index in [9.17, 15) is 0 Å². The summed E-state index contributed by atoms with van der Waals surface area (Å²) in [5.74, 6) is 0. The molecule has 0 fully saturated rings. The molecule has 1 N–H and O–H groups in total. The van der Waals surface area contributed by atoms with Gasteiger partial charge in [0.2, 0.25) is 0 Å². The highest BCUT2D eigenvalue weighted by Crippen LogP contribution is 2.24. The fraction of sp³-hybridized carbons (Fsp3) is 0.438. The SMILES string of the molecule is Cc1cnc(C(C)NC(C)c2ccc(N(C)C)cc2)s1. The lowest BCUT2D eigenvalue weighted by Crippen LogP contribution is -2.22. The molecule has 2 rings (SSSR count). The molecule has 20 heavy (non-hydrogen) atoms. The zero-order chi connectivity index (χ0) is 14.7. The molecule has 0 saturated heterocycles. The van der Waals surface area contributed by atoms with E-state index in [0.29, 0.717) is 6.04 Å². The maximum atomic E-state index is 4.45. The van der Waals surface area contributed by atoms with Gasteiger partial charge in [-0.2, -0.15) is 0 Å². The molecule has 108 valence electrons. The van der Waals surface area contributed by atoms with Crippen molar-refractivity contribution in [1.82, 2.24) is 10.3 Å². The van der Waals surface area contributed by atoms with Gasteiger partial charge in [-0.25, -0.2) is 4.98 Å². The van der Waals surface area contributed by atoms with Crippen LogP contribution in [0.25, 0.3) is 0 Å². The van der Waals surface area contributed by atoms with Crippen molar-refractivity contribution in [3.63, 3.8) is 0 Å². The van der Waals surface area contributed by atoms with Gasteiger partial charge in [-0.3, -0.25) is 0 Å². The van der Waals surface area contributed by atoms with Crippen LogP contribution in [0, 0.1) is 6.92 Å². The van der Waals surface area contributed by atoms with Crippen LogP contribution >= 0.6 is 11.3 Å². The van der Waals surface area contributed by atoms with Crippen molar-refractivity contribution >= 4 is 17.0 Å². The summed E-state index contributed by atoms with van der Waals surface area (Å²) in [6.45, 7) is 6.46. The minimum atomic E-state index is 0.275. The van der Waals surface area contributed by atoms with Gasteiger partial charge in [0.25, 0.3) is 0 Å². The molecule has 0 aliphatic carbocycles. The van der Waals surface area contributed by atoms with Crippen molar-refractivity contribution in [2.24, 2.45) is 0 Å². The zero-order valence-electron chi connectivity index (χ0n) is 12.8. The largest absolute Gasteiger partial charge is 0.378 e. The van der Waals surface area contributed by atoms with Gasteiger partial charge < -0.3 is 10.2 Å². The molecule has 1 aromatic heterocycles. The van der Waals surface area contributed by atoms with E-state index in [0.717, 1.165) is 5.01 Å². The van der Waals surface area contributed by atoms with Crippen LogP contribution in [0.5, 0.6) is 0 Å². The molecule has 1 aromatic carbocycles. The number of nitrogens with one attached hydrogen (secondary N) is 1. The molecular weight excluding hydrogens is 266 g/mol. The summed E-state index contributed by atoms with van der Waals surface area (Å²) >= 11 is 1.76. The van der Waals surface area contributed by atoms with Crippen LogP contribution in [-0.2, 0) is 0 Å². The Bertz CT molecular complexity index is 545. The summed E-state index contributed by atoms with van der Waals surface area (Å²) in [6, 6.07) is 9.28. The first-order valence-corrected chi connectivity index (χ1v) is 7.74. The van der Waals surface area contributed by atoms with Crippen LogP contribution in [0.4, 0.5) is 5.69 Å². The summed E-state index contributed by atoms with van der Waals surface area (Å²) in [5, 5.41) is 4.76. The number of nitrogens with zero attached hydrogens (tertiary/aromatic N) is 2. The van der Waals surface area contributed by atoms with Gasteiger partial charge in [0, 0.05) is 36.9 Å². The molecule has 1 heterocycles. The van der Waals surface area contributed by atoms with Crippen LogP contribution in [0.3, 0.4) is 0 Å². The number of thiazole rings is 1. The Morgan fingerprint density at radius 1 is 1.10 bits per heavy atom. The maximum Gasteiger partial charge on any atom is 0.109 e. The highest BCUT2D eigenvalue weighted by atomic mass is 32.1. The molecule has 3 nitrogen and oxygen atoms in total. The van der Waals surface area contributed by atoms with Crippen molar-refractivity contribution < 1.29 is 0 Å². The second-order valence-electron chi connectivity index (χ2n) is 5.41. The lowest BCUT2D eigenvalue weighted by Gasteiger charge is -2.20. The standard InChI is InChI=1S/C16H23N3S/c1-11-10-17-16(20-11)13(3)18-12(2)14-6-8-15(9-7-14)19(4)5/h6-10,12-13,18H,1-5H3. The Kier molecular flexibility index (Phi) is 4.78. The molecule has 0 radical (unpaired) electrons. The van der Waals surface area contributed by atoms with E-state index < -0.39 is 0 Å². The van der Waals surface area contributed by atoms with Crippen LogP contribution < -0.4 is 10.2 Å². The highest BCUT2D eigenvalue weighted by Gasteiger charge is 2.13. The van der Waals surface area contributed by atoms with Gasteiger partial charge in [0.1, 0.15) is 5.01 Å². The monoisotopic (exact) mass is 289 g/mol. The molecule has 0 amide bonds. The summed E-state index contributed by atoms with van der Waals surface area (Å²) in [5.41, 5.74) is 2.53. The number of anilines is 1. The van der Waals surface area contributed by atoms with Crippen LogP contribution in [-0.4, -0.2) is 19.1 Å². The van der Waals surface area contributed by atoms with Crippen molar-refractivity contribution in [3.8, 4) is 0 Å². The number of hydrogen-bond donors (Lipinski definition) is 1. The normalized spacial score (nSPS) is 14.1. The lowest BCUT2D eigenvalue weighted by molar-refractivity contribution is 0.493. The number of aryl methyl sites for hydroxylation is 1. The predicted molar refractivity (Wildman–Crippen MR) is 87.6 cm³/mol. The zero-order valence-corrected chi connectivity index (χ0v) is 13.7. The second-order valence-corrected chi connectivity index (χ2v) is 6.67. The lowest BCUT2D eigenvalue weighted by atomic mass is 10.1. The van der Waals surface area contributed by atoms with E-state index >= 15 is 0 Å². The average molecular weight is 289 g/mol. The summed E-state index contributed by atoms with van der Waals surface area (Å²) in [7, 11) is 4.12. The van der Waals surface area contributed by atoms with Crippen LogP contribution in [0.1, 0.15) is 41.4 Å². The molecule has 2 unspecified atom stereocenters. The first kappa shape index (κ1) is 15.0. The van der Waals surface area contributed by atoms with E-state index in [1.165, 1.54) is 16.1 Å². The van der Waals surface area contributed by atoms with Gasteiger partial charge >= 0.3 is 0 Å². The van der Waals surface area contributed by atoms with Gasteiger partial charge in [-0.05, 0) is 38.5 Å². The highest BCUT2D eigenvalue weighted by molar-refractivity contribution is 7.11. The molecule has 2 atom stereocenters. The van der Waals surface area contributed by atoms with E-state index in [2.05, 4.69) is 74.3 Å². The van der Waals surface area contributed by atoms with Crippen LogP contribution in [0.2, 0.25) is 0 Å². The van der Waals surface area contributed by atoms with Crippen molar-refractivity contribution in [3.05, 3.63) is 45.9 Å². The number of rotatable bonds is 5. The first-order chi connectivity index (χ1) is 9.47. The topological polar surface area (TPSA) is 28.2 Å². The summed E-state index contributed by atoms with van der Waals surface area (Å²) < 4.78 is 0. The molecular formula is C16H23N3S. The molecule has 0 bridgehead atoms. The molecule has 0 aliphatic rings. The minimum absolute atomic E-state index is 0.275. The van der Waals surface area contributed by atoms with E-state index in [-0.39, 0.29) is 6.04 Å². The fourth-order valence-electron chi connectivity index (χ4n) is 2.18. The third-order valence-electron chi connectivity index (χ3n) is 3.42. The average Bonchev–Trinajstić information content (AvgIpc) is 2.85. The molecule has 0 spiro atoms. The van der Waals surface area contributed by atoms with Gasteiger partial charge in [0.15, 0.2) is 0 Å². The molecule has 0 saturated carbocycles. The maximum absolute atomic E-state index is 4.45. The Morgan fingerprint density at radius 2 is 1.75 bits per heavy atom. The number of aromatic nitrogens is 1. The predicted octanol–water partition coefficient (Wildman–Crippen LogP) is 3.93. The van der Waals surface area contributed by atoms with Gasteiger partial charge in [-0.1, -0.05) is 12.1 Å².